The molecule has 0 N–H and O–H groups in total. The molecule has 23 heavy (non-hydrogen) atoms. The van der Waals surface area contributed by atoms with E-state index in [1.807, 2.05) is 11.6 Å². The van der Waals surface area contributed by atoms with Crippen molar-refractivity contribution in [3.05, 3.63) is 41.5 Å². The maximum Gasteiger partial charge on any atom is 0.163 e. The van der Waals surface area contributed by atoms with Gasteiger partial charge in [-0.25, -0.2) is 0 Å². The van der Waals surface area contributed by atoms with E-state index in [2.05, 4.69) is 33.3 Å². The predicted octanol–water partition coefficient (Wildman–Crippen LogP) is 1.37. The molecule has 0 amide bonds. The zero-order valence-electron chi connectivity index (χ0n) is 13.4. The Morgan fingerprint density at radius 2 is 2.26 bits per heavy atom. The van der Waals surface area contributed by atoms with Gasteiger partial charge in [0.15, 0.2) is 5.82 Å². The van der Waals surface area contributed by atoms with E-state index < -0.39 is 0 Å². The van der Waals surface area contributed by atoms with Crippen molar-refractivity contribution in [1.29, 1.82) is 0 Å². The summed E-state index contributed by atoms with van der Waals surface area (Å²) in [7, 11) is 1.96. The summed E-state index contributed by atoms with van der Waals surface area (Å²) in [6.45, 7) is 4.46. The van der Waals surface area contributed by atoms with Crippen molar-refractivity contribution in [2.75, 3.05) is 32.8 Å². The second kappa shape index (κ2) is 6.29. The Kier molecular flexibility index (Phi) is 4.01. The normalized spacial score (nSPS) is 21.2. The number of rotatable bonds is 4. The van der Waals surface area contributed by atoms with Crippen molar-refractivity contribution in [3.8, 4) is 5.75 Å². The van der Waals surface area contributed by atoms with Crippen molar-refractivity contribution in [3.63, 3.8) is 0 Å². The fourth-order valence-corrected chi connectivity index (χ4v) is 3.33. The Bertz CT molecular complexity index is 685. The van der Waals surface area contributed by atoms with Crippen LogP contribution in [0.5, 0.6) is 5.75 Å². The largest absolute Gasteiger partial charge is 0.493 e. The topological polar surface area (TPSA) is 52.4 Å². The van der Waals surface area contributed by atoms with Crippen molar-refractivity contribution >= 4 is 0 Å². The number of aromatic nitrogens is 3. The summed E-state index contributed by atoms with van der Waals surface area (Å²) in [6, 6.07) is 6.59. The number of morpholine rings is 1. The molecule has 1 aromatic carbocycles. The molecule has 1 fully saturated rings. The lowest BCUT2D eigenvalue weighted by atomic mass is 10.1. The van der Waals surface area contributed by atoms with Gasteiger partial charge < -0.3 is 14.0 Å². The summed E-state index contributed by atoms with van der Waals surface area (Å²) in [5.74, 6) is 1.96. The first-order chi connectivity index (χ1) is 11.3. The third-order valence-electron chi connectivity index (χ3n) is 4.66. The van der Waals surface area contributed by atoms with Crippen molar-refractivity contribution in [2.24, 2.45) is 7.05 Å². The number of benzene rings is 1. The molecule has 3 heterocycles. The van der Waals surface area contributed by atoms with Gasteiger partial charge in [0.2, 0.25) is 0 Å². The van der Waals surface area contributed by atoms with E-state index in [4.69, 9.17) is 9.47 Å². The highest BCUT2D eigenvalue weighted by molar-refractivity contribution is 5.39. The maximum atomic E-state index is 5.86. The minimum absolute atomic E-state index is 0.0182. The molecular weight excluding hydrogens is 292 g/mol. The molecule has 6 heteroatoms. The van der Waals surface area contributed by atoms with Crippen LogP contribution in [0.25, 0.3) is 0 Å². The lowest BCUT2D eigenvalue weighted by Gasteiger charge is -2.32. The Labute approximate surface area is 136 Å². The van der Waals surface area contributed by atoms with E-state index >= 15 is 0 Å². The fourth-order valence-electron chi connectivity index (χ4n) is 3.33. The lowest BCUT2D eigenvalue weighted by Crippen LogP contribution is -2.40. The van der Waals surface area contributed by atoms with E-state index in [9.17, 15) is 0 Å². The number of aryl methyl sites for hydroxylation is 1. The number of fused-ring (bicyclic) bond motifs is 1. The zero-order valence-corrected chi connectivity index (χ0v) is 13.4. The number of ether oxygens (including phenoxy) is 2. The highest BCUT2D eigenvalue weighted by Gasteiger charge is 2.25. The molecule has 4 rings (SSSR count). The standard InChI is InChI=1S/C17H22N4O2/c1-20-12-18-19-17(20)16-11-21(7-9-23-16)6-4-13-2-3-15-14(10-13)5-8-22-15/h2-3,10,12,16H,4-9,11H2,1H3/t16-/m0/s1. The third kappa shape index (κ3) is 3.09. The SMILES string of the molecule is Cn1cnnc1[C@@H]1CN(CCc2ccc3c(c2)CCO3)CCO1. The van der Waals surface area contributed by atoms with E-state index in [0.717, 1.165) is 57.3 Å². The molecule has 6 nitrogen and oxygen atoms in total. The number of hydrogen-bond acceptors (Lipinski definition) is 5. The second-order valence-electron chi connectivity index (χ2n) is 6.25. The highest BCUT2D eigenvalue weighted by Crippen LogP contribution is 2.26. The zero-order chi connectivity index (χ0) is 15.6. The van der Waals surface area contributed by atoms with Crippen LogP contribution in [0.2, 0.25) is 0 Å². The minimum atomic E-state index is 0.0182. The summed E-state index contributed by atoms with van der Waals surface area (Å²) < 4.78 is 13.4. The molecule has 1 aromatic heterocycles. The second-order valence-corrected chi connectivity index (χ2v) is 6.25. The van der Waals surface area contributed by atoms with Crippen LogP contribution < -0.4 is 4.74 Å². The van der Waals surface area contributed by atoms with Crippen molar-refractivity contribution < 1.29 is 9.47 Å². The summed E-state index contributed by atoms with van der Waals surface area (Å²) in [4.78, 5) is 2.45. The van der Waals surface area contributed by atoms with Gasteiger partial charge in [-0.3, -0.25) is 4.90 Å². The Balaban J connectivity index is 1.36. The van der Waals surface area contributed by atoms with Crippen LogP contribution in [-0.4, -0.2) is 52.5 Å². The van der Waals surface area contributed by atoms with Crippen LogP contribution in [-0.2, 0) is 24.6 Å². The Hall–Kier alpha value is -1.92. The van der Waals surface area contributed by atoms with Crippen LogP contribution in [0.3, 0.4) is 0 Å². The molecule has 2 aliphatic heterocycles. The molecule has 0 aliphatic carbocycles. The van der Waals surface area contributed by atoms with Gasteiger partial charge in [-0.2, -0.15) is 0 Å². The van der Waals surface area contributed by atoms with Crippen LogP contribution in [0.1, 0.15) is 23.1 Å². The van der Waals surface area contributed by atoms with Crippen LogP contribution in [0.4, 0.5) is 0 Å². The average molecular weight is 314 g/mol. The minimum Gasteiger partial charge on any atom is -0.493 e. The molecule has 0 saturated carbocycles. The predicted molar refractivity (Wildman–Crippen MR) is 85.5 cm³/mol. The first-order valence-electron chi connectivity index (χ1n) is 8.22. The molecular formula is C17H22N4O2. The molecule has 122 valence electrons. The van der Waals surface area contributed by atoms with Gasteiger partial charge in [0.05, 0.1) is 13.2 Å². The van der Waals surface area contributed by atoms with Gasteiger partial charge in [-0.05, 0) is 23.6 Å². The first-order valence-corrected chi connectivity index (χ1v) is 8.22. The maximum absolute atomic E-state index is 5.86. The van der Waals surface area contributed by atoms with Gasteiger partial charge in [-0.1, -0.05) is 12.1 Å². The Morgan fingerprint density at radius 3 is 3.13 bits per heavy atom. The van der Waals surface area contributed by atoms with Crippen molar-refractivity contribution in [2.45, 2.75) is 18.9 Å². The van der Waals surface area contributed by atoms with Gasteiger partial charge in [0, 0.05) is 33.1 Å². The smallest absolute Gasteiger partial charge is 0.163 e. The molecule has 0 spiro atoms. The summed E-state index contributed by atoms with van der Waals surface area (Å²) >= 11 is 0. The summed E-state index contributed by atoms with van der Waals surface area (Å²) in [5.41, 5.74) is 2.73. The lowest BCUT2D eigenvalue weighted by molar-refractivity contribution is -0.0352. The van der Waals surface area contributed by atoms with Crippen LogP contribution >= 0.6 is 0 Å². The molecule has 1 saturated heterocycles. The molecule has 2 aromatic rings. The average Bonchev–Trinajstić information content (AvgIpc) is 3.21. The molecule has 1 atom stereocenters. The Morgan fingerprint density at radius 1 is 1.30 bits per heavy atom. The summed E-state index contributed by atoms with van der Waals surface area (Å²) in [6.07, 6.45) is 3.84. The fraction of sp³-hybridized carbons (Fsp3) is 0.529. The molecule has 0 bridgehead atoms. The molecule has 0 unspecified atom stereocenters. The first kappa shape index (κ1) is 14.7. The van der Waals surface area contributed by atoms with Crippen LogP contribution in [0, 0.1) is 0 Å². The van der Waals surface area contributed by atoms with Gasteiger partial charge in [0.25, 0.3) is 0 Å². The van der Waals surface area contributed by atoms with E-state index in [1.54, 1.807) is 6.33 Å². The van der Waals surface area contributed by atoms with Gasteiger partial charge in [0.1, 0.15) is 18.2 Å². The monoisotopic (exact) mass is 314 g/mol. The van der Waals surface area contributed by atoms with E-state index in [0.29, 0.717) is 0 Å². The third-order valence-corrected chi connectivity index (χ3v) is 4.66. The summed E-state index contributed by atoms with van der Waals surface area (Å²) in [5, 5.41) is 8.13. The number of hydrogen-bond donors (Lipinski definition) is 0. The quantitative estimate of drug-likeness (QED) is 0.853. The molecule has 2 aliphatic rings. The molecule has 0 radical (unpaired) electrons. The van der Waals surface area contributed by atoms with Gasteiger partial charge >= 0.3 is 0 Å². The van der Waals surface area contributed by atoms with Crippen molar-refractivity contribution in [1.82, 2.24) is 19.7 Å². The number of nitrogens with zero attached hydrogens (tertiary/aromatic N) is 4. The van der Waals surface area contributed by atoms with E-state index in [1.165, 1.54) is 11.1 Å². The highest BCUT2D eigenvalue weighted by atomic mass is 16.5. The van der Waals surface area contributed by atoms with Crippen LogP contribution in [0.15, 0.2) is 24.5 Å². The van der Waals surface area contributed by atoms with Gasteiger partial charge in [-0.15, -0.1) is 10.2 Å². The van der Waals surface area contributed by atoms with E-state index in [-0.39, 0.29) is 6.10 Å².